The Morgan fingerprint density at radius 2 is 2.11 bits per heavy atom. The fraction of sp³-hybridized carbons (Fsp3) is 0.385. The molecule has 1 aromatic rings. The molecular weight excluding hydrogens is 266 g/mol. The van der Waals surface area contributed by atoms with Crippen molar-refractivity contribution in [2.24, 2.45) is 0 Å². The van der Waals surface area contributed by atoms with E-state index in [-0.39, 0.29) is 18.5 Å². The Kier molecular flexibility index (Phi) is 2.95. The van der Waals surface area contributed by atoms with Crippen molar-refractivity contribution in [2.45, 2.75) is 18.5 Å². The van der Waals surface area contributed by atoms with Crippen molar-refractivity contribution in [1.82, 2.24) is 15.5 Å². The topological polar surface area (TPSA) is 61.4 Å². The predicted molar refractivity (Wildman–Crippen MR) is 70.8 cm³/mol. The zero-order valence-electron chi connectivity index (χ0n) is 10.3. The lowest BCUT2D eigenvalue weighted by atomic mass is 9.99. The molecule has 1 unspecified atom stereocenters. The average molecular weight is 280 g/mol. The first-order valence-electron chi connectivity index (χ1n) is 6.21. The van der Waals surface area contributed by atoms with Crippen molar-refractivity contribution >= 4 is 23.5 Å². The van der Waals surface area contributed by atoms with Crippen molar-refractivity contribution in [3.05, 3.63) is 34.9 Å². The summed E-state index contributed by atoms with van der Waals surface area (Å²) in [5.41, 5.74) is 0.0221. The molecule has 1 atom stereocenters. The molecule has 0 aliphatic carbocycles. The third-order valence-corrected chi connectivity index (χ3v) is 4.06. The molecule has 6 heteroatoms. The number of hydrogen-bond acceptors (Lipinski definition) is 3. The lowest BCUT2D eigenvalue weighted by Crippen LogP contribution is -2.48. The van der Waals surface area contributed by atoms with Crippen LogP contribution in [0.1, 0.15) is 12.0 Å². The SMILES string of the molecule is O=C1NC2(CCNC2)C(=O)N1Cc1ccccc1Cl. The van der Waals surface area contributed by atoms with Crippen molar-refractivity contribution in [2.75, 3.05) is 13.1 Å². The van der Waals surface area contributed by atoms with Gasteiger partial charge in [-0.15, -0.1) is 0 Å². The molecule has 2 aliphatic rings. The van der Waals surface area contributed by atoms with Gasteiger partial charge in [0.25, 0.3) is 5.91 Å². The van der Waals surface area contributed by atoms with Gasteiger partial charge in [0.2, 0.25) is 0 Å². The molecule has 1 spiro atoms. The van der Waals surface area contributed by atoms with Crippen LogP contribution in [-0.2, 0) is 11.3 Å². The molecule has 0 saturated carbocycles. The Bertz CT molecular complexity index is 540. The van der Waals surface area contributed by atoms with Gasteiger partial charge in [-0.1, -0.05) is 29.8 Å². The number of amides is 3. The molecule has 2 heterocycles. The Hall–Kier alpha value is -1.59. The maximum atomic E-state index is 12.4. The van der Waals surface area contributed by atoms with Crippen LogP contribution in [0.5, 0.6) is 0 Å². The number of hydrogen-bond donors (Lipinski definition) is 2. The van der Waals surface area contributed by atoms with Gasteiger partial charge in [0, 0.05) is 11.6 Å². The predicted octanol–water partition coefficient (Wildman–Crippen LogP) is 1.12. The highest BCUT2D eigenvalue weighted by molar-refractivity contribution is 6.31. The third kappa shape index (κ3) is 1.99. The molecule has 3 rings (SSSR count). The highest BCUT2D eigenvalue weighted by Crippen LogP contribution is 2.27. The second-order valence-electron chi connectivity index (χ2n) is 4.92. The van der Waals surface area contributed by atoms with Crippen LogP contribution in [0.25, 0.3) is 0 Å². The van der Waals surface area contributed by atoms with E-state index >= 15 is 0 Å². The van der Waals surface area contributed by atoms with Gasteiger partial charge in [-0.25, -0.2) is 4.79 Å². The standard InChI is InChI=1S/C13H14ClN3O2/c14-10-4-2-1-3-9(10)7-17-11(18)13(16-12(17)19)5-6-15-8-13/h1-4,15H,5-8H2,(H,16,19). The average Bonchev–Trinajstić information content (AvgIpc) is 2.94. The van der Waals surface area contributed by atoms with Crippen LogP contribution in [0, 0.1) is 0 Å². The van der Waals surface area contributed by atoms with E-state index < -0.39 is 5.54 Å². The quantitative estimate of drug-likeness (QED) is 0.798. The molecule has 0 bridgehead atoms. The molecule has 2 N–H and O–H groups in total. The van der Waals surface area contributed by atoms with Gasteiger partial charge in [-0.2, -0.15) is 0 Å². The van der Waals surface area contributed by atoms with E-state index in [1.54, 1.807) is 6.07 Å². The van der Waals surface area contributed by atoms with Gasteiger partial charge in [-0.05, 0) is 24.6 Å². The molecule has 1 aromatic carbocycles. The van der Waals surface area contributed by atoms with Crippen LogP contribution in [0.2, 0.25) is 5.02 Å². The Morgan fingerprint density at radius 1 is 1.32 bits per heavy atom. The molecule has 2 aliphatic heterocycles. The number of urea groups is 1. The van der Waals surface area contributed by atoms with Gasteiger partial charge >= 0.3 is 6.03 Å². The molecular formula is C13H14ClN3O2. The highest BCUT2D eigenvalue weighted by atomic mass is 35.5. The second-order valence-corrected chi connectivity index (χ2v) is 5.33. The summed E-state index contributed by atoms with van der Waals surface area (Å²) in [7, 11) is 0. The molecule has 5 nitrogen and oxygen atoms in total. The first kappa shape index (κ1) is 12.4. The Balaban J connectivity index is 1.84. The van der Waals surface area contributed by atoms with E-state index in [1.807, 2.05) is 18.2 Å². The van der Waals surface area contributed by atoms with E-state index in [0.717, 1.165) is 12.1 Å². The van der Waals surface area contributed by atoms with E-state index in [0.29, 0.717) is 18.0 Å². The number of nitrogens with zero attached hydrogens (tertiary/aromatic N) is 1. The normalized spacial score (nSPS) is 26.3. The van der Waals surface area contributed by atoms with E-state index in [1.165, 1.54) is 4.90 Å². The zero-order chi connectivity index (χ0) is 13.5. The molecule has 0 radical (unpaired) electrons. The van der Waals surface area contributed by atoms with E-state index in [9.17, 15) is 9.59 Å². The van der Waals surface area contributed by atoms with E-state index in [2.05, 4.69) is 10.6 Å². The number of carbonyl (C=O) groups is 2. The van der Waals surface area contributed by atoms with Crippen LogP contribution in [0.15, 0.2) is 24.3 Å². The van der Waals surface area contributed by atoms with Crippen LogP contribution in [0.4, 0.5) is 4.79 Å². The summed E-state index contributed by atoms with van der Waals surface area (Å²) in [6, 6.07) is 6.89. The minimum Gasteiger partial charge on any atom is -0.322 e. The first-order chi connectivity index (χ1) is 9.12. The first-order valence-corrected chi connectivity index (χ1v) is 6.58. The molecule has 3 amide bonds. The summed E-state index contributed by atoms with van der Waals surface area (Å²) in [4.78, 5) is 25.6. The zero-order valence-corrected chi connectivity index (χ0v) is 11.0. The van der Waals surface area contributed by atoms with E-state index in [4.69, 9.17) is 11.6 Å². The molecule has 0 aromatic heterocycles. The van der Waals surface area contributed by atoms with Gasteiger partial charge < -0.3 is 10.6 Å². The Morgan fingerprint density at radius 3 is 2.79 bits per heavy atom. The number of carbonyl (C=O) groups excluding carboxylic acids is 2. The largest absolute Gasteiger partial charge is 0.325 e. The number of nitrogens with one attached hydrogen (secondary N) is 2. The summed E-state index contributed by atoms with van der Waals surface area (Å²) >= 11 is 6.07. The van der Waals surface area contributed by atoms with Crippen molar-refractivity contribution in [3.63, 3.8) is 0 Å². The lowest BCUT2D eigenvalue weighted by molar-refractivity contribution is -0.131. The van der Waals surface area contributed by atoms with Crippen molar-refractivity contribution in [1.29, 1.82) is 0 Å². The number of halogens is 1. The highest BCUT2D eigenvalue weighted by Gasteiger charge is 2.52. The van der Waals surface area contributed by atoms with Crippen molar-refractivity contribution < 1.29 is 9.59 Å². The smallest absolute Gasteiger partial charge is 0.322 e. The molecule has 100 valence electrons. The van der Waals surface area contributed by atoms with Crippen LogP contribution >= 0.6 is 11.6 Å². The fourth-order valence-electron chi connectivity index (χ4n) is 2.60. The number of imide groups is 1. The molecule has 2 fully saturated rings. The van der Waals surface area contributed by atoms with Gasteiger partial charge in [0.15, 0.2) is 0 Å². The summed E-state index contributed by atoms with van der Waals surface area (Å²) in [5, 5.41) is 6.48. The summed E-state index contributed by atoms with van der Waals surface area (Å²) in [5.74, 6) is -0.164. The number of rotatable bonds is 2. The number of benzene rings is 1. The third-order valence-electron chi connectivity index (χ3n) is 3.69. The van der Waals surface area contributed by atoms with Crippen LogP contribution < -0.4 is 10.6 Å². The fourth-order valence-corrected chi connectivity index (χ4v) is 2.79. The van der Waals surface area contributed by atoms with Crippen LogP contribution in [0.3, 0.4) is 0 Å². The van der Waals surface area contributed by atoms with Crippen molar-refractivity contribution in [3.8, 4) is 0 Å². The summed E-state index contributed by atoms with van der Waals surface area (Å²) in [6.45, 7) is 1.45. The summed E-state index contributed by atoms with van der Waals surface area (Å²) in [6.07, 6.45) is 0.636. The lowest BCUT2D eigenvalue weighted by Gasteiger charge is -2.19. The Labute approximate surface area is 115 Å². The minimum atomic E-state index is -0.752. The second kappa shape index (κ2) is 4.51. The molecule has 2 saturated heterocycles. The maximum Gasteiger partial charge on any atom is 0.325 e. The molecule has 19 heavy (non-hydrogen) atoms. The summed E-state index contributed by atoms with van der Waals surface area (Å²) < 4.78 is 0. The van der Waals surface area contributed by atoms with Gasteiger partial charge in [-0.3, -0.25) is 9.69 Å². The van der Waals surface area contributed by atoms with Gasteiger partial charge in [0.05, 0.1) is 6.54 Å². The van der Waals surface area contributed by atoms with Gasteiger partial charge in [0.1, 0.15) is 5.54 Å². The minimum absolute atomic E-state index is 0.164. The monoisotopic (exact) mass is 279 g/mol. The van der Waals surface area contributed by atoms with Crippen LogP contribution in [-0.4, -0.2) is 35.5 Å². The maximum absolute atomic E-state index is 12.4.